The van der Waals surface area contributed by atoms with Crippen LogP contribution in [-0.4, -0.2) is 41.3 Å². The smallest absolute Gasteiger partial charge is 0.225 e. The molecule has 7 heteroatoms. The van der Waals surface area contributed by atoms with Crippen molar-refractivity contribution in [2.24, 2.45) is 0 Å². The molecule has 6 nitrogen and oxygen atoms in total. The number of thiocarbonyl (C=S) groups is 1. The zero-order valence-corrected chi connectivity index (χ0v) is 20.2. The van der Waals surface area contributed by atoms with Crippen molar-refractivity contribution in [3.05, 3.63) is 53.6 Å². The van der Waals surface area contributed by atoms with Gasteiger partial charge in [0, 0.05) is 37.3 Å². The Kier molecular flexibility index (Phi) is 6.31. The first kappa shape index (κ1) is 21.9. The fourth-order valence-corrected chi connectivity index (χ4v) is 5.32. The van der Waals surface area contributed by atoms with Crippen LogP contribution in [0, 0.1) is 0 Å². The summed E-state index contributed by atoms with van der Waals surface area (Å²) in [6.07, 6.45) is 7.91. The van der Waals surface area contributed by atoms with Crippen LogP contribution in [0.15, 0.2) is 42.5 Å². The Labute approximate surface area is 201 Å². The van der Waals surface area contributed by atoms with Crippen molar-refractivity contribution in [2.45, 2.75) is 57.0 Å². The van der Waals surface area contributed by atoms with Gasteiger partial charge < -0.3 is 20.9 Å². The van der Waals surface area contributed by atoms with Crippen LogP contribution in [-0.2, 0) is 12.8 Å². The number of para-hydroxylation sites is 1. The maximum absolute atomic E-state index is 5.60. The summed E-state index contributed by atoms with van der Waals surface area (Å²) in [5, 5.41) is 12.3. The van der Waals surface area contributed by atoms with E-state index >= 15 is 0 Å². The zero-order chi connectivity index (χ0) is 22.8. The number of aryl methyl sites for hydroxylation is 2. The number of fused-ring (bicyclic) bond motifs is 2. The van der Waals surface area contributed by atoms with Crippen molar-refractivity contribution in [1.29, 1.82) is 0 Å². The first-order valence-electron chi connectivity index (χ1n) is 11.9. The Balaban J connectivity index is 1.15. The van der Waals surface area contributed by atoms with Crippen LogP contribution in [0.3, 0.4) is 0 Å². The fraction of sp³-hybridized carbons (Fsp3) is 0.423. The third-order valence-electron chi connectivity index (χ3n) is 6.76. The molecule has 33 heavy (non-hydrogen) atoms. The molecule has 0 bridgehead atoms. The lowest BCUT2D eigenvalue weighted by Gasteiger charge is -2.30. The molecule has 1 heterocycles. The third-order valence-corrected chi connectivity index (χ3v) is 6.98. The van der Waals surface area contributed by atoms with Crippen LogP contribution in [0.4, 0.5) is 17.5 Å². The van der Waals surface area contributed by atoms with Crippen molar-refractivity contribution in [1.82, 2.24) is 15.3 Å². The van der Waals surface area contributed by atoms with Gasteiger partial charge in [-0.2, -0.15) is 4.98 Å². The quantitative estimate of drug-likeness (QED) is 0.468. The number of nitrogens with one attached hydrogen (secondary N) is 3. The highest BCUT2D eigenvalue weighted by molar-refractivity contribution is 7.80. The summed E-state index contributed by atoms with van der Waals surface area (Å²) >= 11 is 5.60. The zero-order valence-electron chi connectivity index (χ0n) is 19.4. The van der Waals surface area contributed by atoms with Gasteiger partial charge >= 0.3 is 0 Å². The van der Waals surface area contributed by atoms with E-state index in [1.165, 1.54) is 30.4 Å². The SMILES string of the molecule is CN(C)c1nc(N[C@H]2CC[C@@H](NC(=S)Nc3ccc4c(c3)CCC4)CC2)nc2ccccc12. The summed E-state index contributed by atoms with van der Waals surface area (Å²) in [5.74, 6) is 1.66. The van der Waals surface area contributed by atoms with Gasteiger partial charge in [-0.25, -0.2) is 4.98 Å². The minimum Gasteiger partial charge on any atom is -0.362 e. The molecular formula is C26H32N6S. The van der Waals surface area contributed by atoms with E-state index in [4.69, 9.17) is 22.2 Å². The molecule has 5 rings (SSSR count). The van der Waals surface area contributed by atoms with Gasteiger partial charge in [0.25, 0.3) is 0 Å². The molecule has 1 fully saturated rings. The largest absolute Gasteiger partial charge is 0.362 e. The molecule has 2 aliphatic carbocycles. The average Bonchev–Trinajstić information content (AvgIpc) is 3.27. The second-order valence-electron chi connectivity index (χ2n) is 9.41. The van der Waals surface area contributed by atoms with Crippen LogP contribution in [0.25, 0.3) is 10.9 Å². The lowest BCUT2D eigenvalue weighted by atomic mass is 9.91. The van der Waals surface area contributed by atoms with Crippen LogP contribution < -0.4 is 20.9 Å². The topological polar surface area (TPSA) is 65.1 Å². The minimum atomic E-state index is 0.373. The van der Waals surface area contributed by atoms with E-state index in [9.17, 15) is 0 Å². The molecule has 0 aliphatic heterocycles. The van der Waals surface area contributed by atoms with Gasteiger partial charge in [-0.1, -0.05) is 18.2 Å². The third kappa shape index (κ3) is 5.03. The second kappa shape index (κ2) is 9.51. The summed E-state index contributed by atoms with van der Waals surface area (Å²) < 4.78 is 0. The van der Waals surface area contributed by atoms with Crippen molar-refractivity contribution in [3.63, 3.8) is 0 Å². The van der Waals surface area contributed by atoms with Crippen molar-refractivity contribution in [2.75, 3.05) is 29.6 Å². The lowest BCUT2D eigenvalue weighted by Crippen LogP contribution is -2.42. The minimum absolute atomic E-state index is 0.373. The molecule has 2 aromatic carbocycles. The van der Waals surface area contributed by atoms with E-state index in [0.717, 1.165) is 53.2 Å². The van der Waals surface area contributed by atoms with Gasteiger partial charge in [-0.05, 0) is 92.6 Å². The van der Waals surface area contributed by atoms with Crippen LogP contribution >= 0.6 is 12.2 Å². The van der Waals surface area contributed by atoms with E-state index in [0.29, 0.717) is 18.0 Å². The Morgan fingerprint density at radius 2 is 1.70 bits per heavy atom. The summed E-state index contributed by atoms with van der Waals surface area (Å²) in [4.78, 5) is 11.6. The maximum atomic E-state index is 5.60. The van der Waals surface area contributed by atoms with Gasteiger partial charge in [0.2, 0.25) is 5.95 Å². The van der Waals surface area contributed by atoms with Gasteiger partial charge in [0.1, 0.15) is 5.82 Å². The predicted octanol–water partition coefficient (Wildman–Crippen LogP) is 4.89. The average molecular weight is 461 g/mol. The van der Waals surface area contributed by atoms with Gasteiger partial charge in [-0.3, -0.25) is 0 Å². The highest BCUT2D eigenvalue weighted by Crippen LogP contribution is 2.27. The molecule has 0 saturated heterocycles. The lowest BCUT2D eigenvalue weighted by molar-refractivity contribution is 0.387. The number of benzene rings is 2. The molecule has 3 N–H and O–H groups in total. The number of anilines is 3. The van der Waals surface area contributed by atoms with E-state index < -0.39 is 0 Å². The molecule has 172 valence electrons. The summed E-state index contributed by atoms with van der Waals surface area (Å²) in [5.41, 5.74) is 5.01. The summed E-state index contributed by atoms with van der Waals surface area (Å²) in [6.45, 7) is 0. The van der Waals surface area contributed by atoms with E-state index in [-0.39, 0.29) is 0 Å². The van der Waals surface area contributed by atoms with Gasteiger partial charge in [-0.15, -0.1) is 0 Å². The summed E-state index contributed by atoms with van der Waals surface area (Å²) in [7, 11) is 4.05. The van der Waals surface area contributed by atoms with Crippen LogP contribution in [0.1, 0.15) is 43.2 Å². The van der Waals surface area contributed by atoms with Gasteiger partial charge in [0.05, 0.1) is 5.52 Å². The van der Waals surface area contributed by atoms with E-state index in [2.05, 4.69) is 40.2 Å². The highest BCUT2D eigenvalue weighted by atomic mass is 32.1. The van der Waals surface area contributed by atoms with Crippen molar-refractivity contribution in [3.8, 4) is 0 Å². The van der Waals surface area contributed by atoms with Crippen molar-refractivity contribution >= 4 is 45.7 Å². The first-order chi connectivity index (χ1) is 16.0. The Hall–Kier alpha value is -2.93. The first-order valence-corrected chi connectivity index (χ1v) is 12.4. The molecule has 0 atom stereocenters. The number of nitrogens with zero attached hydrogens (tertiary/aromatic N) is 3. The standard InChI is InChI=1S/C26H32N6S/c1-32(2)24-22-8-3-4-9-23(22)30-25(31-24)27-19-12-14-20(15-13-19)28-26(33)29-21-11-10-17-6-5-7-18(17)16-21/h3-4,8-11,16,19-20H,5-7,12-15H2,1-2H3,(H,27,30,31)(H2,28,29,33)/t19-,20+. The molecule has 0 radical (unpaired) electrons. The number of aromatic nitrogens is 2. The normalized spacial score (nSPS) is 19.7. The van der Waals surface area contributed by atoms with Crippen LogP contribution in [0.5, 0.6) is 0 Å². The highest BCUT2D eigenvalue weighted by Gasteiger charge is 2.23. The monoisotopic (exact) mass is 460 g/mol. The number of rotatable bonds is 5. The van der Waals surface area contributed by atoms with Crippen LogP contribution in [0.2, 0.25) is 0 Å². The van der Waals surface area contributed by atoms with E-state index in [1.807, 2.05) is 37.2 Å². The molecule has 0 amide bonds. The molecule has 3 aromatic rings. The number of hydrogen-bond donors (Lipinski definition) is 3. The Bertz CT molecular complexity index is 1150. The van der Waals surface area contributed by atoms with Crippen molar-refractivity contribution < 1.29 is 0 Å². The Morgan fingerprint density at radius 1 is 0.939 bits per heavy atom. The maximum Gasteiger partial charge on any atom is 0.225 e. The molecular weight excluding hydrogens is 428 g/mol. The predicted molar refractivity (Wildman–Crippen MR) is 141 cm³/mol. The summed E-state index contributed by atoms with van der Waals surface area (Å²) in [6, 6.07) is 15.6. The molecule has 0 unspecified atom stereocenters. The Morgan fingerprint density at radius 3 is 2.52 bits per heavy atom. The molecule has 0 spiro atoms. The van der Waals surface area contributed by atoms with E-state index in [1.54, 1.807) is 0 Å². The molecule has 1 aromatic heterocycles. The molecule has 2 aliphatic rings. The fourth-order valence-electron chi connectivity index (χ4n) is 5.03. The van der Waals surface area contributed by atoms with Gasteiger partial charge in [0.15, 0.2) is 5.11 Å². The molecule has 1 saturated carbocycles. The second-order valence-corrected chi connectivity index (χ2v) is 9.82. The number of hydrogen-bond acceptors (Lipinski definition) is 5.